The molecule has 0 aliphatic heterocycles. The first-order chi connectivity index (χ1) is 17.3. The van der Waals surface area contributed by atoms with Crippen molar-refractivity contribution in [1.82, 2.24) is 4.57 Å². The zero-order valence-corrected chi connectivity index (χ0v) is 21.1. The van der Waals surface area contributed by atoms with Crippen molar-refractivity contribution in [2.24, 2.45) is 0 Å². The molecule has 184 valence electrons. The van der Waals surface area contributed by atoms with E-state index in [9.17, 15) is 9.59 Å². The quantitative estimate of drug-likeness (QED) is 0.294. The van der Waals surface area contributed by atoms with E-state index in [1.165, 1.54) is 0 Å². The second kappa shape index (κ2) is 11.0. The number of rotatable bonds is 8. The molecule has 0 aliphatic carbocycles. The first kappa shape index (κ1) is 24.8. The Morgan fingerprint density at radius 1 is 0.861 bits per heavy atom. The number of carbonyl (C=O) groups is 2. The van der Waals surface area contributed by atoms with Gasteiger partial charge in [0, 0.05) is 40.2 Å². The molecule has 1 N–H and O–H groups in total. The van der Waals surface area contributed by atoms with Gasteiger partial charge in [-0.25, -0.2) is 4.79 Å². The van der Waals surface area contributed by atoms with Crippen LogP contribution in [0.15, 0.2) is 91.0 Å². The van der Waals surface area contributed by atoms with Crippen LogP contribution in [0.5, 0.6) is 0 Å². The highest BCUT2D eigenvalue weighted by atomic mass is 16.5. The molecular weight excluding hydrogens is 450 g/mol. The number of aromatic nitrogens is 1. The smallest absolute Gasteiger partial charge is 0.340 e. The van der Waals surface area contributed by atoms with Crippen LogP contribution in [-0.4, -0.2) is 29.1 Å². The third-order valence-electron chi connectivity index (χ3n) is 5.98. The van der Waals surface area contributed by atoms with Gasteiger partial charge in [0.15, 0.2) is 6.61 Å². The zero-order chi connectivity index (χ0) is 25.7. The van der Waals surface area contributed by atoms with Crippen LogP contribution in [0.2, 0.25) is 0 Å². The van der Waals surface area contributed by atoms with Gasteiger partial charge in [-0.05, 0) is 82.3 Å². The van der Waals surface area contributed by atoms with Gasteiger partial charge in [-0.15, -0.1) is 0 Å². The molecule has 0 saturated heterocycles. The van der Waals surface area contributed by atoms with Gasteiger partial charge in [-0.1, -0.05) is 36.4 Å². The fourth-order valence-corrected chi connectivity index (χ4v) is 4.39. The number of aryl methyl sites for hydroxylation is 1. The van der Waals surface area contributed by atoms with E-state index in [0.29, 0.717) is 11.3 Å². The van der Waals surface area contributed by atoms with Crippen molar-refractivity contribution < 1.29 is 14.3 Å². The Bertz CT molecular complexity index is 1330. The van der Waals surface area contributed by atoms with E-state index < -0.39 is 11.9 Å². The number of para-hydroxylation sites is 2. The summed E-state index contributed by atoms with van der Waals surface area (Å²) in [6.07, 6.45) is 0. The third-order valence-corrected chi connectivity index (χ3v) is 5.98. The van der Waals surface area contributed by atoms with E-state index in [0.717, 1.165) is 28.5 Å². The first-order valence-corrected chi connectivity index (χ1v) is 12.0. The van der Waals surface area contributed by atoms with Crippen LogP contribution in [0.4, 0.5) is 17.1 Å². The number of carbonyl (C=O) groups excluding carboxylic acids is 2. The van der Waals surface area contributed by atoms with Crippen LogP contribution in [0.1, 0.15) is 35.6 Å². The molecule has 0 spiro atoms. The van der Waals surface area contributed by atoms with Crippen LogP contribution in [0, 0.1) is 13.8 Å². The highest BCUT2D eigenvalue weighted by Crippen LogP contribution is 2.28. The lowest BCUT2D eigenvalue weighted by atomic mass is 10.2. The zero-order valence-electron chi connectivity index (χ0n) is 21.1. The molecule has 1 heterocycles. The van der Waals surface area contributed by atoms with Crippen LogP contribution in [0.25, 0.3) is 5.69 Å². The molecule has 3 aromatic carbocycles. The van der Waals surface area contributed by atoms with E-state index in [2.05, 4.69) is 36.2 Å². The molecule has 0 atom stereocenters. The molecule has 4 aromatic rings. The Hall–Kier alpha value is -4.32. The molecule has 36 heavy (non-hydrogen) atoms. The lowest BCUT2D eigenvalue weighted by Gasteiger charge is -2.29. The van der Waals surface area contributed by atoms with Crippen molar-refractivity contribution in [1.29, 1.82) is 0 Å². The Morgan fingerprint density at radius 3 is 2.06 bits per heavy atom. The summed E-state index contributed by atoms with van der Waals surface area (Å²) in [7, 11) is 0. The lowest BCUT2D eigenvalue weighted by Crippen LogP contribution is -2.25. The van der Waals surface area contributed by atoms with Gasteiger partial charge < -0.3 is 19.5 Å². The molecule has 0 fully saturated rings. The maximum absolute atomic E-state index is 12.7. The number of ether oxygens (including phenoxy) is 1. The van der Waals surface area contributed by atoms with Gasteiger partial charge >= 0.3 is 5.97 Å². The number of hydrogen-bond donors (Lipinski definition) is 1. The molecule has 6 nitrogen and oxygen atoms in total. The summed E-state index contributed by atoms with van der Waals surface area (Å²) in [4.78, 5) is 27.4. The number of nitrogens with one attached hydrogen (secondary N) is 1. The van der Waals surface area contributed by atoms with Crippen LogP contribution >= 0.6 is 0 Å². The summed E-state index contributed by atoms with van der Waals surface area (Å²) in [5.41, 5.74) is 5.87. The summed E-state index contributed by atoms with van der Waals surface area (Å²) in [6, 6.07) is 29.6. The average Bonchev–Trinajstić information content (AvgIpc) is 3.18. The molecule has 4 rings (SSSR count). The summed E-state index contributed by atoms with van der Waals surface area (Å²) in [5, 5.41) is 2.80. The van der Waals surface area contributed by atoms with Gasteiger partial charge in [-0.2, -0.15) is 0 Å². The summed E-state index contributed by atoms with van der Waals surface area (Å²) >= 11 is 0. The molecule has 0 bridgehead atoms. The number of benzene rings is 3. The normalized spacial score (nSPS) is 10.8. The Kier molecular flexibility index (Phi) is 7.54. The van der Waals surface area contributed by atoms with Crippen molar-refractivity contribution in [3.8, 4) is 5.69 Å². The summed E-state index contributed by atoms with van der Waals surface area (Å²) in [5.74, 6) is -0.914. The first-order valence-electron chi connectivity index (χ1n) is 12.0. The standard InChI is InChI=1S/C30H31N3O3/c1-21(2)32(25-11-7-5-8-12-25)27-17-15-24(16-18-27)31-29(34)20-36-30(35)28-19-22(3)33(23(28)4)26-13-9-6-10-14-26/h5-19,21H,20H2,1-4H3,(H,31,34). The number of amides is 1. The topological polar surface area (TPSA) is 63.6 Å². The second-order valence-corrected chi connectivity index (χ2v) is 8.93. The van der Waals surface area contributed by atoms with E-state index >= 15 is 0 Å². The number of hydrogen-bond acceptors (Lipinski definition) is 4. The van der Waals surface area contributed by atoms with E-state index in [1.54, 1.807) is 6.07 Å². The maximum atomic E-state index is 12.7. The van der Waals surface area contributed by atoms with Crippen molar-refractivity contribution in [3.05, 3.63) is 108 Å². The molecule has 1 amide bonds. The fraction of sp³-hybridized carbons (Fsp3) is 0.200. The van der Waals surface area contributed by atoms with Crippen LogP contribution < -0.4 is 10.2 Å². The summed E-state index contributed by atoms with van der Waals surface area (Å²) < 4.78 is 7.32. The average molecular weight is 482 g/mol. The molecule has 6 heteroatoms. The second-order valence-electron chi connectivity index (χ2n) is 8.93. The van der Waals surface area contributed by atoms with Gasteiger partial charge in [0.25, 0.3) is 5.91 Å². The molecule has 0 unspecified atom stereocenters. The van der Waals surface area contributed by atoms with Crippen molar-refractivity contribution in [3.63, 3.8) is 0 Å². The van der Waals surface area contributed by atoms with Crippen molar-refractivity contribution in [2.75, 3.05) is 16.8 Å². The minimum atomic E-state index is -0.522. The number of esters is 1. The monoisotopic (exact) mass is 481 g/mol. The largest absolute Gasteiger partial charge is 0.452 e. The SMILES string of the molecule is Cc1cc(C(=O)OCC(=O)Nc2ccc(N(c3ccccc3)C(C)C)cc2)c(C)n1-c1ccccc1. The predicted molar refractivity (Wildman–Crippen MR) is 144 cm³/mol. The fourth-order valence-electron chi connectivity index (χ4n) is 4.39. The van der Waals surface area contributed by atoms with Gasteiger partial charge in [0.1, 0.15) is 0 Å². The molecular formula is C30H31N3O3. The van der Waals surface area contributed by atoms with Gasteiger partial charge in [0.2, 0.25) is 0 Å². The molecule has 1 aromatic heterocycles. The highest BCUT2D eigenvalue weighted by Gasteiger charge is 2.19. The Morgan fingerprint density at radius 2 is 1.44 bits per heavy atom. The van der Waals surface area contributed by atoms with E-state index in [1.807, 2.05) is 91.2 Å². The van der Waals surface area contributed by atoms with Crippen LogP contribution in [0.3, 0.4) is 0 Å². The predicted octanol–water partition coefficient (Wildman–Crippen LogP) is 6.44. The minimum absolute atomic E-state index is 0.260. The van der Waals surface area contributed by atoms with Crippen LogP contribution in [-0.2, 0) is 9.53 Å². The van der Waals surface area contributed by atoms with Crippen molar-refractivity contribution in [2.45, 2.75) is 33.7 Å². The van der Waals surface area contributed by atoms with E-state index in [-0.39, 0.29) is 12.6 Å². The highest BCUT2D eigenvalue weighted by molar-refractivity contribution is 5.96. The number of anilines is 3. The van der Waals surface area contributed by atoms with Gasteiger partial charge in [-0.3, -0.25) is 4.79 Å². The molecule has 0 aliphatic rings. The Labute approximate surface area is 212 Å². The maximum Gasteiger partial charge on any atom is 0.340 e. The number of nitrogens with zero attached hydrogens (tertiary/aromatic N) is 2. The van der Waals surface area contributed by atoms with E-state index in [4.69, 9.17) is 4.74 Å². The third kappa shape index (κ3) is 5.49. The lowest BCUT2D eigenvalue weighted by molar-refractivity contribution is -0.119. The summed E-state index contributed by atoms with van der Waals surface area (Å²) in [6.45, 7) is 7.71. The van der Waals surface area contributed by atoms with Gasteiger partial charge in [0.05, 0.1) is 5.56 Å². The Balaban J connectivity index is 1.38. The molecule has 0 saturated carbocycles. The molecule has 0 radical (unpaired) electrons. The minimum Gasteiger partial charge on any atom is -0.452 e. The van der Waals surface area contributed by atoms with Crippen molar-refractivity contribution >= 4 is 28.9 Å².